The fourth-order valence-electron chi connectivity index (χ4n) is 2.34. The number of amides is 1. The number of halogens is 1. The van der Waals surface area contributed by atoms with E-state index in [1.807, 2.05) is 0 Å². The number of imidazole rings is 1. The zero-order chi connectivity index (χ0) is 17.5. The number of hydrogen-bond donors (Lipinski definition) is 3. The SMILES string of the molecule is Cc1nc2cc(Cl)ccn2c1C(=O)Nc1ccc([As](=O)(O)O)cc1. The summed E-state index contributed by atoms with van der Waals surface area (Å²) < 4.78 is 31.1. The number of aryl methyl sites for hydroxylation is 1. The Balaban J connectivity index is 1.90. The third-order valence-corrected chi connectivity index (χ3v) is 5.71. The average molecular weight is 410 g/mol. The fraction of sp³-hybridized carbons (Fsp3) is 0.0667. The standard InChI is InChI=1S/C15H13AsClN3O4/c1-9-14(20-7-6-11(17)8-13(20)18-9)15(21)19-12-4-2-10(3-5-12)16(22,23)24/h2-8H,1H3,(H,19,21)(H2,22,23,24). The molecule has 0 spiro atoms. The molecule has 2 aromatic heterocycles. The van der Waals surface area contributed by atoms with Crippen LogP contribution in [0.25, 0.3) is 5.65 Å². The van der Waals surface area contributed by atoms with Gasteiger partial charge in [0.05, 0.1) is 0 Å². The van der Waals surface area contributed by atoms with Gasteiger partial charge in [0, 0.05) is 0 Å². The molecule has 24 heavy (non-hydrogen) atoms. The van der Waals surface area contributed by atoms with Gasteiger partial charge in [-0.25, -0.2) is 0 Å². The van der Waals surface area contributed by atoms with Gasteiger partial charge in [-0.3, -0.25) is 0 Å². The number of fused-ring (bicyclic) bond motifs is 1. The number of rotatable bonds is 3. The summed E-state index contributed by atoms with van der Waals surface area (Å²) in [5.74, 6) is -0.378. The van der Waals surface area contributed by atoms with Gasteiger partial charge in [0.15, 0.2) is 0 Å². The van der Waals surface area contributed by atoms with Crippen LogP contribution in [0.4, 0.5) is 5.69 Å². The van der Waals surface area contributed by atoms with Crippen LogP contribution in [0.1, 0.15) is 16.2 Å². The van der Waals surface area contributed by atoms with E-state index in [0.29, 0.717) is 27.7 Å². The first-order valence-electron chi connectivity index (χ1n) is 6.87. The van der Waals surface area contributed by atoms with E-state index in [9.17, 15) is 8.53 Å². The summed E-state index contributed by atoms with van der Waals surface area (Å²) in [5.41, 5.74) is 1.90. The summed E-state index contributed by atoms with van der Waals surface area (Å²) in [6.07, 6.45) is 1.66. The molecule has 0 fully saturated rings. The first kappa shape index (κ1) is 16.8. The maximum atomic E-state index is 12.5. The number of carbonyl (C=O) groups is 1. The van der Waals surface area contributed by atoms with Crippen molar-refractivity contribution in [1.82, 2.24) is 9.38 Å². The van der Waals surface area contributed by atoms with Crippen molar-refractivity contribution < 1.29 is 16.7 Å². The predicted molar refractivity (Wildman–Crippen MR) is 89.8 cm³/mol. The molecular weight excluding hydrogens is 397 g/mol. The molecule has 0 bridgehead atoms. The van der Waals surface area contributed by atoms with E-state index in [1.165, 1.54) is 24.3 Å². The van der Waals surface area contributed by atoms with E-state index in [2.05, 4.69) is 10.3 Å². The van der Waals surface area contributed by atoms with Crippen LogP contribution in [0.2, 0.25) is 5.02 Å². The first-order valence-corrected chi connectivity index (χ1v) is 10.6. The molecule has 0 aliphatic rings. The summed E-state index contributed by atoms with van der Waals surface area (Å²) in [6, 6.07) is 8.81. The Hall–Kier alpha value is -2.05. The van der Waals surface area contributed by atoms with Crippen LogP contribution in [0, 0.1) is 6.92 Å². The quantitative estimate of drug-likeness (QED) is 0.562. The Kier molecular flexibility index (Phi) is 4.27. The maximum absolute atomic E-state index is 12.5. The molecule has 124 valence electrons. The molecule has 0 atom stereocenters. The minimum absolute atomic E-state index is 0.0493. The van der Waals surface area contributed by atoms with Crippen LogP contribution < -0.4 is 9.67 Å². The zero-order valence-electron chi connectivity index (χ0n) is 12.5. The van der Waals surface area contributed by atoms with E-state index < -0.39 is 14.2 Å². The topological polar surface area (TPSA) is 104 Å². The molecule has 2 heterocycles. The van der Waals surface area contributed by atoms with Gasteiger partial charge in [0.25, 0.3) is 0 Å². The normalized spacial score (nSPS) is 11.7. The molecule has 1 amide bonds. The molecule has 3 aromatic rings. The first-order chi connectivity index (χ1) is 11.3. The van der Waals surface area contributed by atoms with E-state index in [1.54, 1.807) is 29.7 Å². The van der Waals surface area contributed by atoms with E-state index in [-0.39, 0.29) is 10.3 Å². The third kappa shape index (κ3) is 3.25. The number of carbonyl (C=O) groups excluding carboxylic acids is 1. The summed E-state index contributed by atoms with van der Waals surface area (Å²) >= 11 is 0.998. The second-order valence-electron chi connectivity index (χ2n) is 5.16. The minimum atomic E-state index is -4.93. The van der Waals surface area contributed by atoms with Crippen molar-refractivity contribution in [3.05, 3.63) is 59.0 Å². The van der Waals surface area contributed by atoms with Gasteiger partial charge in [-0.1, -0.05) is 0 Å². The molecule has 0 saturated heterocycles. The zero-order valence-corrected chi connectivity index (χ0v) is 15.1. The van der Waals surface area contributed by atoms with Gasteiger partial charge >= 0.3 is 145 Å². The molecule has 3 N–H and O–H groups in total. The van der Waals surface area contributed by atoms with Crippen LogP contribution in [0.3, 0.4) is 0 Å². The summed E-state index contributed by atoms with van der Waals surface area (Å²) in [4.78, 5) is 16.8. The van der Waals surface area contributed by atoms with Gasteiger partial charge in [-0.15, -0.1) is 0 Å². The predicted octanol–water partition coefficient (Wildman–Crippen LogP) is 1.11. The van der Waals surface area contributed by atoms with E-state index in [0.717, 1.165) is 0 Å². The number of anilines is 1. The molecule has 0 radical (unpaired) electrons. The van der Waals surface area contributed by atoms with Crippen molar-refractivity contribution in [2.45, 2.75) is 6.92 Å². The van der Waals surface area contributed by atoms with E-state index in [4.69, 9.17) is 19.8 Å². The van der Waals surface area contributed by atoms with Crippen molar-refractivity contribution in [2.24, 2.45) is 0 Å². The van der Waals surface area contributed by atoms with Gasteiger partial charge < -0.3 is 0 Å². The molecule has 3 rings (SSSR count). The second kappa shape index (κ2) is 6.11. The molecule has 9 heteroatoms. The Labute approximate surface area is 144 Å². The van der Waals surface area contributed by atoms with E-state index >= 15 is 0 Å². The van der Waals surface area contributed by atoms with Gasteiger partial charge in [0.2, 0.25) is 0 Å². The Morgan fingerprint density at radius 3 is 2.54 bits per heavy atom. The number of nitrogens with zero attached hydrogens (tertiary/aromatic N) is 2. The van der Waals surface area contributed by atoms with Crippen LogP contribution in [-0.2, 0) is 3.74 Å². The van der Waals surface area contributed by atoms with Crippen LogP contribution in [0.15, 0.2) is 42.6 Å². The average Bonchev–Trinajstić information content (AvgIpc) is 2.81. The number of hydrogen-bond acceptors (Lipinski definition) is 3. The number of benzene rings is 1. The van der Waals surface area contributed by atoms with Crippen LogP contribution in [-0.4, -0.2) is 37.7 Å². The number of pyridine rings is 1. The number of aromatic nitrogens is 2. The van der Waals surface area contributed by atoms with Gasteiger partial charge in [-0.2, -0.15) is 0 Å². The van der Waals surface area contributed by atoms with Crippen LogP contribution in [0.5, 0.6) is 0 Å². The molecular formula is C15H13AsClN3O4. The third-order valence-electron chi connectivity index (χ3n) is 3.44. The van der Waals surface area contributed by atoms with Gasteiger partial charge in [-0.05, 0) is 0 Å². The Bertz CT molecular complexity index is 978. The van der Waals surface area contributed by atoms with Gasteiger partial charge in [0.1, 0.15) is 0 Å². The number of nitrogens with one attached hydrogen (secondary N) is 1. The summed E-state index contributed by atoms with van der Waals surface area (Å²) in [6.45, 7) is 1.72. The fourth-order valence-corrected chi connectivity index (χ4v) is 3.62. The van der Waals surface area contributed by atoms with Crippen molar-refractivity contribution in [1.29, 1.82) is 0 Å². The van der Waals surface area contributed by atoms with Crippen molar-refractivity contribution >= 4 is 47.4 Å². The molecule has 1 aromatic carbocycles. The molecule has 7 nitrogen and oxygen atoms in total. The Morgan fingerprint density at radius 2 is 1.92 bits per heavy atom. The molecule has 0 unspecified atom stereocenters. The van der Waals surface area contributed by atoms with Crippen molar-refractivity contribution in [3.8, 4) is 0 Å². The van der Waals surface area contributed by atoms with Crippen molar-refractivity contribution in [3.63, 3.8) is 0 Å². The molecule has 0 saturated carbocycles. The van der Waals surface area contributed by atoms with Crippen LogP contribution >= 0.6 is 11.6 Å². The summed E-state index contributed by atoms with van der Waals surface area (Å²) in [7, 11) is 0. The van der Waals surface area contributed by atoms with Crippen molar-refractivity contribution in [2.75, 3.05) is 5.32 Å². The molecule has 0 aliphatic carbocycles. The Morgan fingerprint density at radius 1 is 1.25 bits per heavy atom. The molecule has 0 aliphatic heterocycles. The monoisotopic (exact) mass is 409 g/mol. The second-order valence-corrected chi connectivity index (χ2v) is 8.97. The summed E-state index contributed by atoms with van der Waals surface area (Å²) in [5, 5.41) is 3.21.